The molecule has 4 heteroatoms. The van der Waals surface area contributed by atoms with Crippen LogP contribution >= 0.6 is 0 Å². The number of carbonyl (C=O) groups excluding carboxylic acids is 2. The van der Waals surface area contributed by atoms with Gasteiger partial charge in [0.1, 0.15) is 6.04 Å². The van der Waals surface area contributed by atoms with E-state index in [9.17, 15) is 9.59 Å². The van der Waals surface area contributed by atoms with Crippen LogP contribution in [0.2, 0.25) is 0 Å². The molecule has 0 fully saturated rings. The summed E-state index contributed by atoms with van der Waals surface area (Å²) < 4.78 is 0. The lowest BCUT2D eigenvalue weighted by molar-refractivity contribution is -0.127. The SMILES string of the molecule is CC(=O)NC(C)C(=O)NCC1CC2c3ccccc3C1c1ccccc12. The molecule has 0 aromatic heterocycles. The number of fused-ring (bicyclic) bond motifs is 1. The summed E-state index contributed by atoms with van der Waals surface area (Å²) in [5, 5.41) is 5.69. The molecule has 2 amide bonds. The molecule has 5 rings (SSSR count). The van der Waals surface area contributed by atoms with Crippen molar-refractivity contribution < 1.29 is 9.59 Å². The highest BCUT2D eigenvalue weighted by Gasteiger charge is 2.42. The smallest absolute Gasteiger partial charge is 0.242 e. The standard InChI is InChI=1S/C22H24N2O2/c1-13(24-14(2)25)22(26)23-12-15-11-20-16-7-3-5-9-18(16)21(15)19-10-6-4-8-17(19)20/h3-10,13,15,20-21H,11-12H2,1-2H3,(H,23,26)(H,24,25). The fraction of sp³-hybridized carbons (Fsp3) is 0.364. The van der Waals surface area contributed by atoms with E-state index in [-0.39, 0.29) is 11.8 Å². The van der Waals surface area contributed by atoms with Gasteiger partial charge in [0, 0.05) is 25.3 Å². The van der Waals surface area contributed by atoms with Crippen LogP contribution in [0.4, 0.5) is 0 Å². The highest BCUT2D eigenvalue weighted by molar-refractivity contribution is 5.86. The predicted molar refractivity (Wildman–Crippen MR) is 101 cm³/mol. The van der Waals surface area contributed by atoms with Gasteiger partial charge in [0.25, 0.3) is 0 Å². The first kappa shape index (κ1) is 16.8. The van der Waals surface area contributed by atoms with E-state index in [1.807, 2.05) is 0 Å². The highest BCUT2D eigenvalue weighted by atomic mass is 16.2. The maximum atomic E-state index is 12.3. The maximum absolute atomic E-state index is 12.3. The van der Waals surface area contributed by atoms with Crippen LogP contribution < -0.4 is 10.6 Å². The van der Waals surface area contributed by atoms with Gasteiger partial charge >= 0.3 is 0 Å². The zero-order valence-corrected chi connectivity index (χ0v) is 15.2. The molecule has 0 saturated carbocycles. The van der Waals surface area contributed by atoms with Crippen LogP contribution in [0.15, 0.2) is 48.5 Å². The van der Waals surface area contributed by atoms with Gasteiger partial charge in [0.2, 0.25) is 11.8 Å². The Balaban J connectivity index is 1.57. The maximum Gasteiger partial charge on any atom is 0.242 e. The molecular formula is C22H24N2O2. The van der Waals surface area contributed by atoms with Crippen molar-refractivity contribution in [1.29, 1.82) is 0 Å². The largest absolute Gasteiger partial charge is 0.354 e. The molecule has 134 valence electrons. The van der Waals surface area contributed by atoms with E-state index in [4.69, 9.17) is 0 Å². The van der Waals surface area contributed by atoms with E-state index in [1.165, 1.54) is 29.2 Å². The number of carbonyl (C=O) groups is 2. The Morgan fingerprint density at radius 3 is 2.08 bits per heavy atom. The van der Waals surface area contributed by atoms with Crippen LogP contribution in [0.3, 0.4) is 0 Å². The van der Waals surface area contributed by atoms with E-state index in [0.717, 1.165) is 6.42 Å². The third-order valence-corrected chi connectivity index (χ3v) is 5.77. The minimum Gasteiger partial charge on any atom is -0.354 e. The first-order chi connectivity index (χ1) is 12.6. The Kier molecular flexibility index (Phi) is 4.27. The molecule has 3 aliphatic carbocycles. The number of amides is 2. The molecular weight excluding hydrogens is 324 g/mol. The quantitative estimate of drug-likeness (QED) is 0.892. The average Bonchev–Trinajstić information content (AvgIpc) is 2.65. The molecule has 0 spiro atoms. The Morgan fingerprint density at radius 1 is 1.00 bits per heavy atom. The zero-order chi connectivity index (χ0) is 18.3. The van der Waals surface area contributed by atoms with Crippen LogP contribution in [0.1, 0.15) is 54.4 Å². The summed E-state index contributed by atoms with van der Waals surface area (Å²) in [6, 6.07) is 16.9. The van der Waals surface area contributed by atoms with Gasteiger partial charge in [-0.25, -0.2) is 0 Å². The molecule has 2 aromatic carbocycles. The van der Waals surface area contributed by atoms with E-state index in [2.05, 4.69) is 59.2 Å². The summed E-state index contributed by atoms with van der Waals surface area (Å²) in [6.07, 6.45) is 1.05. The fourth-order valence-corrected chi connectivity index (χ4v) is 4.72. The average molecular weight is 348 g/mol. The highest BCUT2D eigenvalue weighted by Crippen LogP contribution is 2.55. The summed E-state index contributed by atoms with van der Waals surface area (Å²) in [5.74, 6) is 0.791. The van der Waals surface area contributed by atoms with Crippen molar-refractivity contribution in [2.24, 2.45) is 5.92 Å². The minimum atomic E-state index is -0.507. The second-order valence-electron chi connectivity index (χ2n) is 7.45. The van der Waals surface area contributed by atoms with Gasteiger partial charge in [-0.15, -0.1) is 0 Å². The van der Waals surface area contributed by atoms with Crippen LogP contribution in [0.25, 0.3) is 0 Å². The summed E-state index contributed by atoms with van der Waals surface area (Å²) in [5.41, 5.74) is 5.67. The molecule has 0 aliphatic heterocycles. The first-order valence-electron chi connectivity index (χ1n) is 9.28. The van der Waals surface area contributed by atoms with Crippen molar-refractivity contribution in [3.63, 3.8) is 0 Å². The molecule has 2 aromatic rings. The lowest BCUT2D eigenvalue weighted by Crippen LogP contribution is -2.47. The normalized spacial score (nSPS) is 23.5. The molecule has 3 aliphatic rings. The molecule has 2 atom stereocenters. The van der Waals surface area contributed by atoms with Crippen molar-refractivity contribution >= 4 is 11.8 Å². The van der Waals surface area contributed by atoms with Crippen molar-refractivity contribution in [2.75, 3.05) is 6.54 Å². The van der Waals surface area contributed by atoms with E-state index in [1.54, 1.807) is 6.92 Å². The molecule has 2 unspecified atom stereocenters. The predicted octanol–water partition coefficient (Wildman–Crippen LogP) is 2.92. The van der Waals surface area contributed by atoms with Crippen molar-refractivity contribution in [3.8, 4) is 0 Å². The Labute approximate surface area is 154 Å². The van der Waals surface area contributed by atoms with E-state index < -0.39 is 6.04 Å². The molecule has 26 heavy (non-hydrogen) atoms. The van der Waals surface area contributed by atoms with E-state index in [0.29, 0.717) is 24.3 Å². The van der Waals surface area contributed by atoms with Crippen LogP contribution in [-0.2, 0) is 9.59 Å². The van der Waals surface area contributed by atoms with Crippen molar-refractivity contribution in [2.45, 2.75) is 38.1 Å². The minimum absolute atomic E-state index is 0.122. The third kappa shape index (κ3) is 2.79. The molecule has 0 radical (unpaired) electrons. The van der Waals surface area contributed by atoms with Gasteiger partial charge in [-0.3, -0.25) is 9.59 Å². The monoisotopic (exact) mass is 348 g/mol. The van der Waals surface area contributed by atoms with Gasteiger partial charge < -0.3 is 10.6 Å². The Bertz CT molecular complexity index is 813. The molecule has 4 nitrogen and oxygen atoms in total. The van der Waals surface area contributed by atoms with E-state index >= 15 is 0 Å². The third-order valence-electron chi connectivity index (χ3n) is 5.77. The van der Waals surface area contributed by atoms with Crippen molar-refractivity contribution in [3.05, 3.63) is 70.8 Å². The zero-order valence-electron chi connectivity index (χ0n) is 15.2. The van der Waals surface area contributed by atoms with Gasteiger partial charge in [-0.05, 0) is 41.5 Å². The second kappa shape index (κ2) is 6.60. The number of nitrogens with one attached hydrogen (secondary N) is 2. The first-order valence-corrected chi connectivity index (χ1v) is 9.28. The number of rotatable bonds is 4. The topological polar surface area (TPSA) is 58.2 Å². The van der Waals surface area contributed by atoms with Gasteiger partial charge in [-0.2, -0.15) is 0 Å². The summed E-state index contributed by atoms with van der Waals surface area (Å²) in [6.45, 7) is 3.78. The molecule has 0 heterocycles. The summed E-state index contributed by atoms with van der Waals surface area (Å²) in [7, 11) is 0. The van der Waals surface area contributed by atoms with Crippen molar-refractivity contribution in [1.82, 2.24) is 10.6 Å². The molecule has 2 N–H and O–H groups in total. The van der Waals surface area contributed by atoms with Gasteiger partial charge in [0.15, 0.2) is 0 Å². The Morgan fingerprint density at radius 2 is 1.54 bits per heavy atom. The number of hydrogen-bond donors (Lipinski definition) is 2. The van der Waals surface area contributed by atoms with Crippen LogP contribution in [-0.4, -0.2) is 24.4 Å². The fourth-order valence-electron chi connectivity index (χ4n) is 4.72. The van der Waals surface area contributed by atoms with Gasteiger partial charge in [0.05, 0.1) is 0 Å². The molecule has 0 saturated heterocycles. The second-order valence-corrected chi connectivity index (χ2v) is 7.45. The van der Waals surface area contributed by atoms with Crippen LogP contribution in [0.5, 0.6) is 0 Å². The molecule has 2 bridgehead atoms. The Hall–Kier alpha value is -2.62. The lowest BCUT2D eigenvalue weighted by Gasteiger charge is -2.45. The van der Waals surface area contributed by atoms with Crippen LogP contribution in [0, 0.1) is 5.92 Å². The lowest BCUT2D eigenvalue weighted by atomic mass is 9.59. The number of hydrogen-bond acceptors (Lipinski definition) is 2. The number of benzene rings is 2. The van der Waals surface area contributed by atoms with Gasteiger partial charge in [-0.1, -0.05) is 48.5 Å². The summed E-state index contributed by atoms with van der Waals surface area (Å²) in [4.78, 5) is 23.4. The summed E-state index contributed by atoms with van der Waals surface area (Å²) >= 11 is 0.